The highest BCUT2D eigenvalue weighted by molar-refractivity contribution is 9.10. The van der Waals surface area contributed by atoms with E-state index in [1.165, 1.54) is 6.07 Å². The van der Waals surface area contributed by atoms with Crippen molar-refractivity contribution < 1.29 is 13.2 Å². The lowest BCUT2D eigenvalue weighted by Gasteiger charge is -2.11. The molecular weight excluding hydrogens is 557 g/mol. The monoisotopic (exact) mass is 568 g/mol. The van der Waals surface area contributed by atoms with Crippen molar-refractivity contribution >= 4 is 43.5 Å². The largest absolute Gasteiger partial charge is 0.416 e. The maximum atomic E-state index is 13.2. The van der Waals surface area contributed by atoms with E-state index < -0.39 is 11.7 Å². The predicted molar refractivity (Wildman–Crippen MR) is 124 cm³/mol. The van der Waals surface area contributed by atoms with Gasteiger partial charge in [0.1, 0.15) is 5.69 Å². The van der Waals surface area contributed by atoms with Crippen molar-refractivity contribution in [3.05, 3.63) is 97.9 Å². The highest BCUT2D eigenvalue weighted by atomic mass is 79.9. The fraction of sp³-hybridized carbons (Fsp3) is 0.0870. The van der Waals surface area contributed by atoms with Gasteiger partial charge in [-0.3, -0.25) is 4.68 Å². The first kappa shape index (κ1) is 22.1. The van der Waals surface area contributed by atoms with Crippen LogP contribution in [0.15, 0.2) is 81.7 Å². The van der Waals surface area contributed by atoms with Crippen LogP contribution in [0.2, 0.25) is 5.02 Å². The van der Waals surface area contributed by atoms with E-state index in [4.69, 9.17) is 11.6 Å². The van der Waals surface area contributed by atoms with Crippen molar-refractivity contribution in [1.82, 2.24) is 9.78 Å². The van der Waals surface area contributed by atoms with Crippen LogP contribution in [-0.2, 0) is 12.7 Å². The molecule has 1 aromatic heterocycles. The fourth-order valence-electron chi connectivity index (χ4n) is 3.31. The summed E-state index contributed by atoms with van der Waals surface area (Å²) >= 11 is 13.7. The number of aromatic nitrogens is 2. The van der Waals surface area contributed by atoms with Crippen LogP contribution in [0.1, 0.15) is 11.1 Å². The number of hydrogen-bond acceptors (Lipinski definition) is 1. The van der Waals surface area contributed by atoms with E-state index in [1.807, 2.05) is 48.5 Å². The van der Waals surface area contributed by atoms with E-state index in [1.54, 1.807) is 10.7 Å². The zero-order valence-corrected chi connectivity index (χ0v) is 19.7. The molecule has 0 atom stereocenters. The lowest BCUT2D eigenvalue weighted by atomic mass is 10.1. The minimum Gasteiger partial charge on any atom is -0.258 e. The molecule has 0 N–H and O–H groups in total. The molecular formula is C23H14Br2ClF3N2. The van der Waals surface area contributed by atoms with Crippen LogP contribution in [0.4, 0.5) is 13.2 Å². The second kappa shape index (κ2) is 8.81. The highest BCUT2D eigenvalue weighted by Crippen LogP contribution is 2.38. The summed E-state index contributed by atoms with van der Waals surface area (Å²) in [6, 6.07) is 20.3. The van der Waals surface area contributed by atoms with Crippen LogP contribution in [-0.4, -0.2) is 9.78 Å². The molecule has 0 fully saturated rings. The summed E-state index contributed by atoms with van der Waals surface area (Å²) in [5.41, 5.74) is 2.59. The first-order chi connectivity index (χ1) is 14.7. The molecule has 0 bridgehead atoms. The second-order valence-electron chi connectivity index (χ2n) is 6.89. The van der Waals surface area contributed by atoms with E-state index in [9.17, 15) is 13.2 Å². The first-order valence-electron chi connectivity index (χ1n) is 9.16. The molecule has 8 heteroatoms. The van der Waals surface area contributed by atoms with Crippen molar-refractivity contribution in [2.75, 3.05) is 0 Å². The van der Waals surface area contributed by atoms with Gasteiger partial charge in [-0.05, 0) is 42.0 Å². The average Bonchev–Trinajstić information content (AvgIpc) is 3.03. The van der Waals surface area contributed by atoms with E-state index in [0.29, 0.717) is 22.0 Å². The van der Waals surface area contributed by atoms with Crippen molar-refractivity contribution in [1.29, 1.82) is 0 Å². The Morgan fingerprint density at radius 2 is 1.45 bits per heavy atom. The Labute approximate surface area is 198 Å². The molecule has 0 aliphatic carbocycles. The highest BCUT2D eigenvalue weighted by Gasteiger charge is 2.30. The van der Waals surface area contributed by atoms with Crippen molar-refractivity contribution in [2.45, 2.75) is 12.7 Å². The van der Waals surface area contributed by atoms with Crippen LogP contribution >= 0.6 is 43.5 Å². The zero-order chi connectivity index (χ0) is 22.2. The number of alkyl halides is 3. The number of benzene rings is 3. The van der Waals surface area contributed by atoms with Gasteiger partial charge in [-0.25, -0.2) is 0 Å². The molecule has 0 unspecified atom stereocenters. The van der Waals surface area contributed by atoms with E-state index in [2.05, 4.69) is 37.0 Å². The zero-order valence-electron chi connectivity index (χ0n) is 15.8. The summed E-state index contributed by atoms with van der Waals surface area (Å²) in [6.45, 7) is 0.138. The number of halogens is 6. The third-order valence-electron chi connectivity index (χ3n) is 4.68. The van der Waals surface area contributed by atoms with Crippen LogP contribution < -0.4 is 0 Å². The van der Waals surface area contributed by atoms with Crippen LogP contribution in [0.3, 0.4) is 0 Å². The standard InChI is InChI=1S/C23H14Br2ClF3N2/c24-18-8-2-5-15(11-18)21-20(26)22(16-6-3-9-19(25)12-16)31(30-21)13-14-4-1-7-17(10-14)23(27,28)29/h1-12H,13H2. The topological polar surface area (TPSA) is 17.8 Å². The van der Waals surface area contributed by atoms with Gasteiger partial charge in [0.25, 0.3) is 0 Å². The normalized spacial score (nSPS) is 11.7. The summed E-state index contributed by atoms with van der Waals surface area (Å²) in [7, 11) is 0. The molecule has 158 valence electrons. The SMILES string of the molecule is FC(F)(F)c1cccc(Cn2nc(-c3cccc(Br)c3)c(Cl)c2-c2cccc(Br)c2)c1. The lowest BCUT2D eigenvalue weighted by Crippen LogP contribution is -2.08. The molecule has 1 heterocycles. The molecule has 0 radical (unpaired) electrons. The lowest BCUT2D eigenvalue weighted by molar-refractivity contribution is -0.137. The number of hydrogen-bond donors (Lipinski definition) is 0. The van der Waals surface area contributed by atoms with Gasteiger partial charge in [0.05, 0.1) is 22.8 Å². The van der Waals surface area contributed by atoms with Crippen molar-refractivity contribution in [3.63, 3.8) is 0 Å². The number of rotatable bonds is 4. The molecule has 0 amide bonds. The van der Waals surface area contributed by atoms with E-state index in [-0.39, 0.29) is 6.54 Å². The van der Waals surface area contributed by atoms with Gasteiger partial charge >= 0.3 is 6.18 Å². The Balaban J connectivity index is 1.86. The van der Waals surface area contributed by atoms with Crippen LogP contribution in [0.5, 0.6) is 0 Å². The Bertz CT molecular complexity index is 1250. The molecule has 31 heavy (non-hydrogen) atoms. The predicted octanol–water partition coefficient (Wildman–Crippen LogP) is 8.46. The molecule has 4 aromatic rings. The molecule has 0 aliphatic heterocycles. The van der Waals surface area contributed by atoms with Gasteiger partial charge in [-0.1, -0.05) is 79.9 Å². The molecule has 3 aromatic carbocycles. The van der Waals surface area contributed by atoms with Gasteiger partial charge in [-0.15, -0.1) is 0 Å². The maximum absolute atomic E-state index is 13.2. The van der Waals surface area contributed by atoms with Gasteiger partial charge in [0.2, 0.25) is 0 Å². The quantitative estimate of drug-likeness (QED) is 0.241. The third kappa shape index (κ3) is 4.89. The summed E-state index contributed by atoms with van der Waals surface area (Å²) in [5.74, 6) is 0. The molecule has 4 rings (SSSR count). The number of nitrogens with zero attached hydrogens (tertiary/aromatic N) is 2. The Morgan fingerprint density at radius 1 is 0.839 bits per heavy atom. The Hall–Kier alpha value is -2.09. The van der Waals surface area contributed by atoms with Gasteiger partial charge in [0, 0.05) is 20.1 Å². The van der Waals surface area contributed by atoms with E-state index >= 15 is 0 Å². The molecule has 0 saturated heterocycles. The van der Waals surface area contributed by atoms with Crippen LogP contribution in [0, 0.1) is 0 Å². The fourth-order valence-corrected chi connectivity index (χ4v) is 4.46. The van der Waals surface area contributed by atoms with Gasteiger partial charge in [-0.2, -0.15) is 18.3 Å². The third-order valence-corrected chi connectivity index (χ3v) is 6.02. The van der Waals surface area contributed by atoms with Gasteiger partial charge in [0.15, 0.2) is 0 Å². The molecule has 2 nitrogen and oxygen atoms in total. The van der Waals surface area contributed by atoms with E-state index in [0.717, 1.165) is 32.2 Å². The summed E-state index contributed by atoms with van der Waals surface area (Å²) in [5, 5.41) is 5.12. The molecule has 0 saturated carbocycles. The molecule has 0 spiro atoms. The Kier molecular flexibility index (Phi) is 6.28. The first-order valence-corrected chi connectivity index (χ1v) is 11.1. The minimum absolute atomic E-state index is 0.138. The minimum atomic E-state index is -4.41. The average molecular weight is 571 g/mol. The summed E-state index contributed by atoms with van der Waals surface area (Å²) in [4.78, 5) is 0. The summed E-state index contributed by atoms with van der Waals surface area (Å²) in [6.07, 6.45) is -4.41. The summed E-state index contributed by atoms with van der Waals surface area (Å²) < 4.78 is 42.9. The Morgan fingerprint density at radius 3 is 2.10 bits per heavy atom. The maximum Gasteiger partial charge on any atom is 0.416 e. The molecule has 0 aliphatic rings. The van der Waals surface area contributed by atoms with Gasteiger partial charge < -0.3 is 0 Å². The van der Waals surface area contributed by atoms with Crippen molar-refractivity contribution in [2.24, 2.45) is 0 Å². The smallest absolute Gasteiger partial charge is 0.258 e. The second-order valence-corrected chi connectivity index (χ2v) is 9.10. The van der Waals surface area contributed by atoms with Crippen molar-refractivity contribution in [3.8, 4) is 22.5 Å². The van der Waals surface area contributed by atoms with Crippen LogP contribution in [0.25, 0.3) is 22.5 Å².